The summed E-state index contributed by atoms with van der Waals surface area (Å²) in [6.07, 6.45) is 2.52. The lowest BCUT2D eigenvalue weighted by Crippen LogP contribution is -2.32. The summed E-state index contributed by atoms with van der Waals surface area (Å²) in [6, 6.07) is 5.19. The van der Waals surface area contributed by atoms with Gasteiger partial charge in [-0.25, -0.2) is 4.98 Å². The van der Waals surface area contributed by atoms with Crippen LogP contribution in [0.5, 0.6) is 11.5 Å². The van der Waals surface area contributed by atoms with E-state index < -0.39 is 0 Å². The second-order valence-electron chi connectivity index (χ2n) is 7.59. The number of piperidine rings is 1. The monoisotopic (exact) mass is 403 g/mol. The molecule has 0 unspecified atom stereocenters. The van der Waals surface area contributed by atoms with E-state index in [0.717, 1.165) is 31.2 Å². The standard InChI is InChI=1S/C21H29N3O3S/c1-14(2)27-18-6-5-16(11-19(18)26-4)20(25)23-21-22-17(13-28-21)12-24-9-7-15(3)8-10-24/h5-6,11,13-15H,7-10,12H2,1-4H3,(H,22,23,25). The zero-order valence-electron chi connectivity index (χ0n) is 17.0. The molecule has 0 saturated carbocycles. The Morgan fingerprint density at radius 3 is 2.75 bits per heavy atom. The van der Waals surface area contributed by atoms with Crippen LogP contribution in [0.3, 0.4) is 0 Å². The molecule has 1 aromatic carbocycles. The van der Waals surface area contributed by atoms with E-state index >= 15 is 0 Å². The number of rotatable bonds is 7. The minimum atomic E-state index is -0.206. The summed E-state index contributed by atoms with van der Waals surface area (Å²) in [4.78, 5) is 19.6. The fourth-order valence-corrected chi connectivity index (χ4v) is 3.91. The molecule has 1 amide bonds. The summed E-state index contributed by atoms with van der Waals surface area (Å²) in [7, 11) is 1.57. The SMILES string of the molecule is COc1cc(C(=O)Nc2nc(CN3CCC(C)CC3)cs2)ccc1OC(C)C. The van der Waals surface area contributed by atoms with Crippen molar-refractivity contribution >= 4 is 22.4 Å². The van der Waals surface area contributed by atoms with Crippen LogP contribution < -0.4 is 14.8 Å². The molecule has 0 aliphatic carbocycles. The highest BCUT2D eigenvalue weighted by Gasteiger charge is 2.18. The van der Waals surface area contributed by atoms with Crippen molar-refractivity contribution in [3.05, 3.63) is 34.8 Å². The number of nitrogens with one attached hydrogen (secondary N) is 1. The van der Waals surface area contributed by atoms with Crippen LogP contribution in [0.25, 0.3) is 0 Å². The molecule has 152 valence electrons. The third kappa shape index (κ3) is 5.45. The molecule has 2 aromatic rings. The minimum Gasteiger partial charge on any atom is -0.493 e. The Balaban J connectivity index is 1.61. The van der Waals surface area contributed by atoms with Crippen molar-refractivity contribution in [2.24, 2.45) is 5.92 Å². The van der Waals surface area contributed by atoms with Crippen molar-refractivity contribution in [3.8, 4) is 11.5 Å². The first kappa shape index (κ1) is 20.6. The van der Waals surface area contributed by atoms with Crippen molar-refractivity contribution in [1.29, 1.82) is 0 Å². The van der Waals surface area contributed by atoms with E-state index in [0.29, 0.717) is 22.2 Å². The molecule has 1 aromatic heterocycles. The Morgan fingerprint density at radius 2 is 2.07 bits per heavy atom. The number of carbonyl (C=O) groups excluding carboxylic acids is 1. The quantitative estimate of drug-likeness (QED) is 0.741. The molecule has 1 aliphatic rings. The molecule has 6 nitrogen and oxygen atoms in total. The summed E-state index contributed by atoms with van der Waals surface area (Å²) < 4.78 is 11.1. The highest BCUT2D eigenvalue weighted by molar-refractivity contribution is 7.13. The third-order valence-corrected chi connectivity index (χ3v) is 5.63. The molecule has 1 N–H and O–H groups in total. The number of aromatic nitrogens is 1. The lowest BCUT2D eigenvalue weighted by atomic mass is 9.99. The van der Waals surface area contributed by atoms with Crippen LogP contribution in [0.1, 0.15) is 49.7 Å². The van der Waals surface area contributed by atoms with Crippen LogP contribution in [-0.2, 0) is 6.54 Å². The van der Waals surface area contributed by atoms with Gasteiger partial charge in [0.2, 0.25) is 0 Å². The van der Waals surface area contributed by atoms with Crippen molar-refractivity contribution < 1.29 is 14.3 Å². The Bertz CT molecular complexity index is 798. The van der Waals surface area contributed by atoms with E-state index in [1.165, 1.54) is 24.2 Å². The average Bonchev–Trinajstić information content (AvgIpc) is 3.10. The van der Waals surface area contributed by atoms with Gasteiger partial charge >= 0.3 is 0 Å². The van der Waals surface area contributed by atoms with Gasteiger partial charge in [-0.2, -0.15) is 0 Å². The predicted molar refractivity (Wildman–Crippen MR) is 113 cm³/mol. The second-order valence-corrected chi connectivity index (χ2v) is 8.45. The molecule has 1 saturated heterocycles. The summed E-state index contributed by atoms with van der Waals surface area (Å²) >= 11 is 1.46. The largest absolute Gasteiger partial charge is 0.493 e. The Kier molecular flexibility index (Phi) is 6.91. The number of ether oxygens (including phenoxy) is 2. The highest BCUT2D eigenvalue weighted by atomic mass is 32.1. The Hall–Kier alpha value is -2.12. The van der Waals surface area contributed by atoms with Crippen LogP contribution in [0, 0.1) is 5.92 Å². The number of carbonyl (C=O) groups is 1. The number of thiazole rings is 1. The lowest BCUT2D eigenvalue weighted by molar-refractivity contribution is 0.102. The Labute approximate surface area is 170 Å². The maximum absolute atomic E-state index is 12.6. The van der Waals surface area contributed by atoms with E-state index in [2.05, 4.69) is 22.1 Å². The number of anilines is 1. The zero-order chi connectivity index (χ0) is 20.1. The molecule has 1 aliphatic heterocycles. The minimum absolute atomic E-state index is 0.0328. The van der Waals surface area contributed by atoms with Crippen molar-refractivity contribution in [2.45, 2.75) is 46.3 Å². The third-order valence-electron chi connectivity index (χ3n) is 4.82. The van der Waals surface area contributed by atoms with Gasteiger partial charge in [-0.15, -0.1) is 11.3 Å². The summed E-state index contributed by atoms with van der Waals surface area (Å²) in [5.41, 5.74) is 1.52. The normalized spacial score (nSPS) is 15.6. The van der Waals surface area contributed by atoms with Gasteiger partial charge in [-0.05, 0) is 63.9 Å². The number of methoxy groups -OCH3 is 1. The predicted octanol–water partition coefficient (Wildman–Crippen LogP) is 4.42. The first-order valence-corrected chi connectivity index (χ1v) is 10.7. The van der Waals surface area contributed by atoms with Crippen molar-refractivity contribution in [3.63, 3.8) is 0 Å². The topological polar surface area (TPSA) is 63.7 Å². The van der Waals surface area contributed by atoms with Crippen LogP contribution in [0.15, 0.2) is 23.6 Å². The van der Waals surface area contributed by atoms with Gasteiger partial charge in [-0.1, -0.05) is 6.92 Å². The van der Waals surface area contributed by atoms with Gasteiger partial charge in [0.15, 0.2) is 16.6 Å². The first-order chi connectivity index (χ1) is 13.4. The fourth-order valence-electron chi connectivity index (χ4n) is 3.22. The molecule has 1 fully saturated rings. The van der Waals surface area contributed by atoms with Crippen LogP contribution in [0.4, 0.5) is 5.13 Å². The van der Waals surface area contributed by atoms with Gasteiger partial charge in [0.1, 0.15) is 0 Å². The first-order valence-electron chi connectivity index (χ1n) is 9.77. The number of likely N-dealkylation sites (tertiary alicyclic amines) is 1. The molecule has 28 heavy (non-hydrogen) atoms. The average molecular weight is 404 g/mol. The summed E-state index contributed by atoms with van der Waals surface area (Å²) in [5, 5.41) is 5.53. The van der Waals surface area contributed by atoms with Gasteiger partial charge < -0.3 is 9.47 Å². The summed E-state index contributed by atoms with van der Waals surface area (Å²) in [6.45, 7) is 9.28. The van der Waals surface area contributed by atoms with E-state index in [1.54, 1.807) is 25.3 Å². The molecule has 2 heterocycles. The zero-order valence-corrected chi connectivity index (χ0v) is 17.8. The van der Waals surface area contributed by atoms with Crippen molar-refractivity contribution in [2.75, 3.05) is 25.5 Å². The maximum Gasteiger partial charge on any atom is 0.257 e. The van der Waals surface area contributed by atoms with Crippen LogP contribution in [0.2, 0.25) is 0 Å². The molecule has 0 radical (unpaired) electrons. The number of amides is 1. The molecular formula is C21H29N3O3S. The number of hydrogen-bond donors (Lipinski definition) is 1. The smallest absolute Gasteiger partial charge is 0.257 e. The number of nitrogens with zero attached hydrogens (tertiary/aromatic N) is 2. The van der Waals surface area contributed by atoms with Gasteiger partial charge in [0.05, 0.1) is 18.9 Å². The molecular weight excluding hydrogens is 374 g/mol. The van der Waals surface area contributed by atoms with E-state index in [-0.39, 0.29) is 12.0 Å². The second kappa shape index (κ2) is 9.39. The van der Waals surface area contributed by atoms with Gasteiger partial charge in [-0.3, -0.25) is 15.0 Å². The molecule has 0 atom stereocenters. The highest BCUT2D eigenvalue weighted by Crippen LogP contribution is 2.29. The lowest BCUT2D eigenvalue weighted by Gasteiger charge is -2.29. The number of hydrogen-bond acceptors (Lipinski definition) is 6. The van der Waals surface area contributed by atoms with Gasteiger partial charge in [0, 0.05) is 17.5 Å². The fraction of sp³-hybridized carbons (Fsp3) is 0.524. The van der Waals surface area contributed by atoms with Crippen LogP contribution >= 0.6 is 11.3 Å². The van der Waals surface area contributed by atoms with E-state index in [1.807, 2.05) is 19.2 Å². The molecule has 0 spiro atoms. The maximum atomic E-state index is 12.6. The van der Waals surface area contributed by atoms with Gasteiger partial charge in [0.25, 0.3) is 5.91 Å². The number of benzene rings is 1. The molecule has 3 rings (SSSR count). The van der Waals surface area contributed by atoms with Crippen molar-refractivity contribution in [1.82, 2.24) is 9.88 Å². The summed E-state index contributed by atoms with van der Waals surface area (Å²) in [5.74, 6) is 1.78. The molecule has 0 bridgehead atoms. The van der Waals surface area contributed by atoms with E-state index in [9.17, 15) is 4.79 Å². The van der Waals surface area contributed by atoms with Crippen LogP contribution in [-0.4, -0.2) is 42.1 Å². The molecule has 7 heteroatoms. The Morgan fingerprint density at radius 1 is 1.32 bits per heavy atom. The van der Waals surface area contributed by atoms with E-state index in [4.69, 9.17) is 9.47 Å².